The number of aliphatic hydroxyl groups excluding tert-OH is 1. The largest absolute Gasteiger partial charge is 0.388 e. The Morgan fingerprint density at radius 1 is 1.26 bits per heavy atom. The fourth-order valence-electron chi connectivity index (χ4n) is 3.15. The molecule has 3 rings (SSSR count). The Balaban J connectivity index is 1.52. The van der Waals surface area contributed by atoms with Crippen LogP contribution in [-0.2, 0) is 13.1 Å². The van der Waals surface area contributed by atoms with Crippen LogP contribution in [-0.4, -0.2) is 38.1 Å². The maximum Gasteiger partial charge on any atom is 0.0967 e. The summed E-state index contributed by atoms with van der Waals surface area (Å²) in [4.78, 5) is 4.10. The summed E-state index contributed by atoms with van der Waals surface area (Å²) >= 11 is 5.91. The molecule has 124 valence electrons. The Hall–Kier alpha value is -1.43. The lowest BCUT2D eigenvalue weighted by Gasteiger charge is -2.33. The number of rotatable bonds is 5. The minimum Gasteiger partial charge on any atom is -0.388 e. The third-order valence-corrected chi connectivity index (χ3v) is 4.79. The first-order valence-electron chi connectivity index (χ1n) is 8.20. The van der Waals surface area contributed by atoms with Gasteiger partial charge in [0.05, 0.1) is 24.5 Å². The van der Waals surface area contributed by atoms with Crippen molar-refractivity contribution in [2.75, 3.05) is 13.1 Å². The van der Waals surface area contributed by atoms with E-state index in [0.717, 1.165) is 50.3 Å². The number of halogens is 1. The van der Waals surface area contributed by atoms with Gasteiger partial charge >= 0.3 is 0 Å². The first kappa shape index (κ1) is 16.4. The molecule has 0 amide bonds. The molecule has 1 saturated heterocycles. The van der Waals surface area contributed by atoms with Gasteiger partial charge in [-0.2, -0.15) is 15.0 Å². The van der Waals surface area contributed by atoms with Crippen LogP contribution in [0.1, 0.15) is 37.1 Å². The Morgan fingerprint density at radius 2 is 1.96 bits per heavy atom. The van der Waals surface area contributed by atoms with Crippen molar-refractivity contribution in [2.45, 2.75) is 39.0 Å². The van der Waals surface area contributed by atoms with Crippen LogP contribution in [0.2, 0.25) is 5.02 Å². The number of aromatic nitrogens is 3. The summed E-state index contributed by atoms with van der Waals surface area (Å²) in [7, 11) is 0. The zero-order valence-electron chi connectivity index (χ0n) is 13.4. The van der Waals surface area contributed by atoms with Crippen molar-refractivity contribution in [3.63, 3.8) is 0 Å². The summed E-state index contributed by atoms with van der Waals surface area (Å²) in [5, 5.41) is 19.9. The van der Waals surface area contributed by atoms with E-state index >= 15 is 0 Å². The lowest BCUT2D eigenvalue weighted by Crippen LogP contribution is -2.35. The van der Waals surface area contributed by atoms with Gasteiger partial charge in [-0.25, -0.2) is 0 Å². The van der Waals surface area contributed by atoms with Crippen molar-refractivity contribution in [3.8, 4) is 0 Å². The van der Waals surface area contributed by atoms with Crippen LogP contribution in [0.3, 0.4) is 0 Å². The van der Waals surface area contributed by atoms with Gasteiger partial charge in [0.25, 0.3) is 0 Å². The highest BCUT2D eigenvalue weighted by Gasteiger charge is 2.26. The average Bonchev–Trinajstić information content (AvgIpc) is 3.03. The van der Waals surface area contributed by atoms with Gasteiger partial charge in [0.2, 0.25) is 0 Å². The van der Waals surface area contributed by atoms with Crippen LogP contribution in [0.15, 0.2) is 30.5 Å². The van der Waals surface area contributed by atoms with E-state index in [-0.39, 0.29) is 0 Å². The zero-order chi connectivity index (χ0) is 16.2. The van der Waals surface area contributed by atoms with Crippen LogP contribution in [0, 0.1) is 5.92 Å². The number of aryl methyl sites for hydroxylation is 1. The standard InChI is InChI=1S/C17H23ClN4O/c1-2-22-19-11-16(20-22)12-21-9-7-14(8-10-21)17(23)13-3-5-15(18)6-4-13/h3-6,11,14,17,23H,2,7-10,12H2,1H3. The highest BCUT2D eigenvalue weighted by Crippen LogP contribution is 2.31. The summed E-state index contributed by atoms with van der Waals surface area (Å²) in [6.07, 6.45) is 3.42. The number of piperidine rings is 1. The Bertz CT molecular complexity index is 620. The van der Waals surface area contributed by atoms with E-state index < -0.39 is 6.10 Å². The minimum atomic E-state index is -0.407. The van der Waals surface area contributed by atoms with E-state index in [0.29, 0.717) is 10.9 Å². The van der Waals surface area contributed by atoms with Gasteiger partial charge in [-0.3, -0.25) is 4.90 Å². The lowest BCUT2D eigenvalue weighted by atomic mass is 9.87. The van der Waals surface area contributed by atoms with E-state index in [4.69, 9.17) is 11.6 Å². The molecular weight excluding hydrogens is 312 g/mol. The molecule has 23 heavy (non-hydrogen) atoms. The molecule has 2 aromatic rings. The van der Waals surface area contributed by atoms with Gasteiger partial charge in [-0.15, -0.1) is 0 Å². The summed E-state index contributed by atoms with van der Waals surface area (Å²) in [5.41, 5.74) is 1.97. The highest BCUT2D eigenvalue weighted by molar-refractivity contribution is 6.30. The summed E-state index contributed by atoms with van der Waals surface area (Å²) in [5.74, 6) is 0.304. The van der Waals surface area contributed by atoms with Crippen molar-refractivity contribution in [1.82, 2.24) is 19.9 Å². The van der Waals surface area contributed by atoms with Crippen molar-refractivity contribution in [1.29, 1.82) is 0 Å². The van der Waals surface area contributed by atoms with Crippen molar-refractivity contribution in [2.24, 2.45) is 5.92 Å². The zero-order valence-corrected chi connectivity index (χ0v) is 14.2. The highest BCUT2D eigenvalue weighted by atomic mass is 35.5. The maximum absolute atomic E-state index is 10.6. The molecule has 0 aliphatic carbocycles. The third kappa shape index (κ3) is 4.10. The third-order valence-electron chi connectivity index (χ3n) is 4.54. The quantitative estimate of drug-likeness (QED) is 0.913. The van der Waals surface area contributed by atoms with Gasteiger partial charge in [-0.1, -0.05) is 23.7 Å². The second kappa shape index (κ2) is 7.43. The van der Waals surface area contributed by atoms with E-state index in [1.807, 2.05) is 37.4 Å². The molecule has 1 aliphatic rings. The number of benzene rings is 1. The van der Waals surface area contributed by atoms with E-state index in [1.54, 1.807) is 4.80 Å². The van der Waals surface area contributed by atoms with Crippen molar-refractivity contribution >= 4 is 11.6 Å². The van der Waals surface area contributed by atoms with Crippen LogP contribution < -0.4 is 0 Å². The summed E-state index contributed by atoms with van der Waals surface area (Å²) in [6.45, 7) is 5.63. The molecule has 0 spiro atoms. The minimum absolute atomic E-state index is 0.304. The van der Waals surface area contributed by atoms with Crippen molar-refractivity contribution < 1.29 is 5.11 Å². The summed E-state index contributed by atoms with van der Waals surface area (Å²) in [6, 6.07) is 7.52. The second-order valence-corrected chi connectivity index (χ2v) is 6.57. The molecule has 1 atom stereocenters. The molecule has 1 unspecified atom stereocenters. The molecule has 1 fully saturated rings. The van der Waals surface area contributed by atoms with Gasteiger partial charge in [0.15, 0.2) is 0 Å². The lowest BCUT2D eigenvalue weighted by molar-refractivity contribution is 0.0564. The topological polar surface area (TPSA) is 54.2 Å². The number of nitrogens with zero attached hydrogens (tertiary/aromatic N) is 4. The predicted octanol–water partition coefficient (Wildman–Crippen LogP) is 2.90. The van der Waals surface area contributed by atoms with Gasteiger partial charge in [0.1, 0.15) is 0 Å². The molecule has 1 N–H and O–H groups in total. The number of aliphatic hydroxyl groups is 1. The molecule has 6 heteroatoms. The monoisotopic (exact) mass is 334 g/mol. The normalized spacial score (nSPS) is 18.2. The molecule has 1 aromatic heterocycles. The molecule has 0 saturated carbocycles. The number of hydrogen-bond acceptors (Lipinski definition) is 4. The predicted molar refractivity (Wildman–Crippen MR) is 90.1 cm³/mol. The van der Waals surface area contributed by atoms with E-state index in [1.165, 1.54) is 0 Å². The van der Waals surface area contributed by atoms with Crippen LogP contribution >= 0.6 is 11.6 Å². The van der Waals surface area contributed by atoms with Gasteiger partial charge < -0.3 is 5.11 Å². The Kier molecular flexibility index (Phi) is 5.30. The Morgan fingerprint density at radius 3 is 2.57 bits per heavy atom. The Labute approximate surface area is 141 Å². The molecule has 0 bridgehead atoms. The smallest absolute Gasteiger partial charge is 0.0967 e. The molecule has 1 aliphatic heterocycles. The first-order valence-corrected chi connectivity index (χ1v) is 8.58. The second-order valence-electron chi connectivity index (χ2n) is 6.13. The number of hydrogen-bond donors (Lipinski definition) is 1. The average molecular weight is 335 g/mol. The van der Waals surface area contributed by atoms with Crippen LogP contribution in [0.5, 0.6) is 0 Å². The van der Waals surface area contributed by atoms with E-state index in [2.05, 4.69) is 15.1 Å². The SMILES string of the molecule is CCn1ncc(CN2CCC(C(O)c3ccc(Cl)cc3)CC2)n1. The molecular formula is C17H23ClN4O. The van der Waals surface area contributed by atoms with Crippen LogP contribution in [0.25, 0.3) is 0 Å². The number of likely N-dealkylation sites (tertiary alicyclic amines) is 1. The molecule has 0 radical (unpaired) electrons. The van der Waals surface area contributed by atoms with Gasteiger partial charge in [-0.05, 0) is 56.5 Å². The van der Waals surface area contributed by atoms with Gasteiger partial charge in [0, 0.05) is 11.6 Å². The fraction of sp³-hybridized carbons (Fsp3) is 0.529. The molecule has 1 aromatic carbocycles. The molecule has 5 nitrogen and oxygen atoms in total. The first-order chi connectivity index (χ1) is 11.2. The summed E-state index contributed by atoms with van der Waals surface area (Å²) < 4.78 is 0. The molecule has 2 heterocycles. The fourth-order valence-corrected chi connectivity index (χ4v) is 3.27. The maximum atomic E-state index is 10.6. The van der Waals surface area contributed by atoms with Crippen LogP contribution in [0.4, 0.5) is 0 Å². The van der Waals surface area contributed by atoms with Crippen molar-refractivity contribution in [3.05, 3.63) is 46.7 Å². The van der Waals surface area contributed by atoms with E-state index in [9.17, 15) is 5.11 Å².